The minimum Gasteiger partial charge on any atom is -0.335 e. The quantitative estimate of drug-likeness (QED) is 0.218. The van der Waals surface area contributed by atoms with E-state index in [0.717, 1.165) is 19.0 Å². The molecule has 2 aliphatic carbocycles. The average molecular weight is 600 g/mol. The fourth-order valence-corrected chi connectivity index (χ4v) is 11.1. The first-order chi connectivity index (χ1) is 19.7. The highest BCUT2D eigenvalue weighted by Crippen LogP contribution is 2.52. The van der Waals surface area contributed by atoms with E-state index in [1.807, 2.05) is 46.6 Å². The third kappa shape index (κ3) is 4.28. The molecule has 2 nitrogen and oxygen atoms in total. The molecule has 8 rings (SSSR count). The van der Waals surface area contributed by atoms with E-state index < -0.39 is 0 Å². The van der Waals surface area contributed by atoms with Gasteiger partial charge in [-0.3, -0.25) is 0 Å². The number of rotatable bonds is 4. The van der Waals surface area contributed by atoms with Crippen molar-refractivity contribution >= 4 is 68.6 Å². The summed E-state index contributed by atoms with van der Waals surface area (Å²) in [4.78, 5) is 6.99. The highest BCUT2D eigenvalue weighted by Gasteiger charge is 2.33. The third-order valence-electron chi connectivity index (χ3n) is 9.32. The summed E-state index contributed by atoms with van der Waals surface area (Å²) in [6.07, 6.45) is 24.5. The van der Waals surface area contributed by atoms with Crippen molar-refractivity contribution in [2.75, 3.05) is 24.0 Å². The van der Waals surface area contributed by atoms with Crippen molar-refractivity contribution < 1.29 is 4.57 Å². The molecule has 1 unspecified atom stereocenters. The zero-order valence-corrected chi connectivity index (χ0v) is 26.6. The molecule has 5 aliphatic rings. The first-order valence-corrected chi connectivity index (χ1v) is 18.8. The monoisotopic (exact) mass is 599 g/mol. The first kappa shape index (κ1) is 25.8. The van der Waals surface area contributed by atoms with Crippen LogP contribution >= 0.6 is 46.6 Å². The van der Waals surface area contributed by atoms with Gasteiger partial charge in [-0.25, -0.2) is 0 Å². The van der Waals surface area contributed by atoms with Gasteiger partial charge in [-0.2, -0.15) is 4.57 Å². The Labute approximate surface area is 254 Å². The van der Waals surface area contributed by atoms with Crippen molar-refractivity contribution in [2.24, 2.45) is 5.92 Å². The number of allylic oxidation sites excluding steroid dienone is 6. The number of thiazole rings is 1. The second kappa shape index (κ2) is 10.4. The van der Waals surface area contributed by atoms with Gasteiger partial charge < -0.3 is 4.90 Å². The second-order valence-corrected chi connectivity index (χ2v) is 15.4. The Hall–Kier alpha value is -1.86. The molecule has 6 heteroatoms. The maximum absolute atomic E-state index is 2.62. The smallest absolute Gasteiger partial charge is 0.263 e. The molecule has 0 radical (unpaired) electrons. The lowest BCUT2D eigenvalue weighted by Gasteiger charge is -2.30. The number of thioether (sulfide) groups is 3. The predicted molar refractivity (Wildman–Crippen MR) is 176 cm³/mol. The van der Waals surface area contributed by atoms with Crippen LogP contribution in [0.1, 0.15) is 54.7 Å². The second-order valence-electron chi connectivity index (χ2n) is 11.6. The topological polar surface area (TPSA) is 7.12 Å². The summed E-state index contributed by atoms with van der Waals surface area (Å²) in [5.41, 5.74) is 10.7. The van der Waals surface area contributed by atoms with E-state index in [1.54, 1.807) is 16.7 Å². The maximum atomic E-state index is 2.62. The number of anilines is 1. The highest BCUT2D eigenvalue weighted by atomic mass is 32.2. The summed E-state index contributed by atoms with van der Waals surface area (Å²) < 4.78 is 4.07. The number of hydrogen-bond acceptors (Lipinski definition) is 5. The molecule has 1 atom stereocenters. The Bertz CT molecular complexity index is 1670. The fraction of sp³-hybridized carbons (Fsp3) is 0.382. The highest BCUT2D eigenvalue weighted by molar-refractivity contribution is 8.03. The van der Waals surface area contributed by atoms with Crippen LogP contribution in [0.4, 0.5) is 5.69 Å². The molecule has 3 aromatic rings. The Morgan fingerprint density at radius 2 is 1.73 bits per heavy atom. The molecule has 0 spiro atoms. The Morgan fingerprint density at radius 1 is 0.900 bits per heavy atom. The first-order valence-electron chi connectivity index (χ1n) is 14.7. The number of benzene rings is 2. The van der Waals surface area contributed by atoms with Crippen molar-refractivity contribution in [1.82, 2.24) is 0 Å². The summed E-state index contributed by atoms with van der Waals surface area (Å²) in [5, 5.41) is 2.87. The molecule has 3 aliphatic heterocycles. The Balaban J connectivity index is 1.12. The SMILES string of the molecule is CSc1ccc2c3c1CCCN3C(=CC1=CC3=CC(=Cc4sc5ccc(SC)c6c5[n+]4CCC6)CCC3CC1)S2. The van der Waals surface area contributed by atoms with Crippen LogP contribution in [-0.4, -0.2) is 19.1 Å². The van der Waals surface area contributed by atoms with Gasteiger partial charge in [0.1, 0.15) is 4.70 Å². The normalized spacial score (nSPS) is 23.4. The summed E-state index contributed by atoms with van der Waals surface area (Å²) in [5.74, 6) is 0.725. The van der Waals surface area contributed by atoms with Crippen LogP contribution in [0.15, 0.2) is 78.9 Å². The molecule has 2 aromatic carbocycles. The van der Waals surface area contributed by atoms with Crippen LogP contribution < -0.4 is 9.47 Å². The van der Waals surface area contributed by atoms with E-state index >= 15 is 0 Å². The molecule has 0 fully saturated rings. The zero-order valence-electron chi connectivity index (χ0n) is 23.3. The molecule has 0 saturated carbocycles. The summed E-state index contributed by atoms with van der Waals surface area (Å²) in [7, 11) is 0. The number of fused-ring (bicyclic) bond motifs is 1. The van der Waals surface area contributed by atoms with E-state index in [9.17, 15) is 0 Å². The Kier molecular flexibility index (Phi) is 6.74. The molecule has 0 bridgehead atoms. The zero-order chi connectivity index (χ0) is 26.8. The van der Waals surface area contributed by atoms with Gasteiger partial charge in [0.15, 0.2) is 6.54 Å². The van der Waals surface area contributed by atoms with Crippen LogP contribution in [-0.2, 0) is 19.4 Å². The summed E-state index contributed by atoms with van der Waals surface area (Å²) >= 11 is 7.77. The van der Waals surface area contributed by atoms with Crippen LogP contribution in [0, 0.1) is 5.92 Å². The van der Waals surface area contributed by atoms with Crippen LogP contribution in [0.5, 0.6) is 0 Å². The van der Waals surface area contributed by atoms with E-state index in [0.29, 0.717) is 0 Å². The van der Waals surface area contributed by atoms with E-state index in [4.69, 9.17) is 0 Å². The van der Waals surface area contributed by atoms with Crippen molar-refractivity contribution in [2.45, 2.75) is 72.6 Å². The number of nitrogens with zero attached hydrogens (tertiary/aromatic N) is 2. The van der Waals surface area contributed by atoms with Crippen molar-refractivity contribution in [3.8, 4) is 0 Å². The van der Waals surface area contributed by atoms with Gasteiger partial charge in [0.25, 0.3) is 5.01 Å². The molecule has 0 amide bonds. The molecule has 4 heterocycles. The van der Waals surface area contributed by atoms with Gasteiger partial charge >= 0.3 is 0 Å². The van der Waals surface area contributed by atoms with Gasteiger partial charge in [0, 0.05) is 39.3 Å². The molecular weight excluding hydrogens is 565 g/mol. The fourth-order valence-electron chi connectivity index (χ4n) is 7.41. The maximum Gasteiger partial charge on any atom is 0.263 e. The molecule has 0 N–H and O–H groups in total. The minimum absolute atomic E-state index is 0.725. The third-order valence-corrected chi connectivity index (χ3v) is 13.2. The lowest BCUT2D eigenvalue weighted by Crippen LogP contribution is -2.38. The number of aromatic nitrogens is 1. The van der Waals surface area contributed by atoms with Crippen LogP contribution in [0.25, 0.3) is 16.3 Å². The van der Waals surface area contributed by atoms with Gasteiger partial charge in [0.2, 0.25) is 5.52 Å². The van der Waals surface area contributed by atoms with Crippen molar-refractivity contribution in [3.05, 3.63) is 80.4 Å². The van der Waals surface area contributed by atoms with Crippen molar-refractivity contribution in [3.63, 3.8) is 0 Å². The van der Waals surface area contributed by atoms with Crippen LogP contribution in [0.2, 0.25) is 0 Å². The molecule has 204 valence electrons. The van der Waals surface area contributed by atoms with E-state index in [2.05, 4.69) is 70.5 Å². The summed E-state index contributed by atoms with van der Waals surface area (Å²) in [6.45, 7) is 2.30. The number of aryl methyl sites for hydroxylation is 2. The molecule has 1 aromatic heterocycles. The lowest BCUT2D eigenvalue weighted by molar-refractivity contribution is -0.672. The predicted octanol–water partition coefficient (Wildman–Crippen LogP) is 9.42. The van der Waals surface area contributed by atoms with E-state index in [1.165, 1.54) is 103 Å². The van der Waals surface area contributed by atoms with Gasteiger partial charge in [0.05, 0.1) is 10.7 Å². The lowest BCUT2D eigenvalue weighted by atomic mass is 9.77. The minimum atomic E-state index is 0.725. The van der Waals surface area contributed by atoms with Gasteiger partial charge in [-0.1, -0.05) is 35.3 Å². The standard InChI is InChI=1S/C34H35N2S4/c1-37-27-11-13-29-33-25(27)5-3-15-35(33)31(39-29)19-21-7-9-23-10-8-22(18-24(23)17-21)20-32-36-16-4-6-26-28(38-2)12-14-30(40-32)34(26)36/h11-14,17-20,23H,3-10,15-16H2,1-2H3/q+1. The molecular formula is C34H35N2S4+. The van der Waals surface area contributed by atoms with E-state index in [-0.39, 0.29) is 0 Å². The molecule has 40 heavy (non-hydrogen) atoms. The summed E-state index contributed by atoms with van der Waals surface area (Å²) in [6, 6.07) is 9.39. The average Bonchev–Trinajstić information content (AvgIpc) is 3.53. The molecule has 0 saturated heterocycles. The van der Waals surface area contributed by atoms with Crippen molar-refractivity contribution in [1.29, 1.82) is 0 Å². The van der Waals surface area contributed by atoms with Gasteiger partial charge in [-0.15, -0.1) is 23.5 Å². The Morgan fingerprint density at radius 3 is 2.62 bits per heavy atom. The number of hydrogen-bond donors (Lipinski definition) is 0. The van der Waals surface area contributed by atoms with Crippen LogP contribution in [0.3, 0.4) is 0 Å². The van der Waals surface area contributed by atoms with Gasteiger partial charge in [-0.05, 0) is 116 Å². The largest absolute Gasteiger partial charge is 0.335 e.